The fourth-order valence-electron chi connectivity index (χ4n) is 7.01. The molecule has 0 fully saturated rings. The first-order chi connectivity index (χ1) is 19.2. The van der Waals surface area contributed by atoms with E-state index in [0.29, 0.717) is 5.92 Å². The van der Waals surface area contributed by atoms with E-state index in [1.165, 1.54) is 65.8 Å². The van der Waals surface area contributed by atoms with Crippen LogP contribution in [-0.4, -0.2) is 0 Å². The molecule has 4 aromatic carbocycles. The maximum Gasteiger partial charge on any atom is 0.228 e. The predicted molar refractivity (Wildman–Crippen MR) is 175 cm³/mol. The summed E-state index contributed by atoms with van der Waals surface area (Å²) in [7, 11) is 2.19. The van der Waals surface area contributed by atoms with Gasteiger partial charge in [-0.2, -0.15) is 0 Å². The summed E-state index contributed by atoms with van der Waals surface area (Å²) in [6.07, 6.45) is 5.31. The quantitative estimate of drug-likeness (QED) is 0.159. The van der Waals surface area contributed by atoms with Gasteiger partial charge in [0.05, 0.1) is 10.9 Å². The highest BCUT2D eigenvalue weighted by molar-refractivity contribution is 6.16. The molecule has 1 aromatic heterocycles. The van der Waals surface area contributed by atoms with Gasteiger partial charge in [-0.3, -0.25) is 0 Å². The molecule has 0 N–H and O–H groups in total. The Morgan fingerprint density at radius 1 is 0.780 bits per heavy atom. The van der Waals surface area contributed by atoms with Gasteiger partial charge < -0.3 is 4.74 Å². The fraction of sp³-hybridized carbons (Fsp3) is 0.410. The van der Waals surface area contributed by atoms with E-state index >= 15 is 0 Å². The van der Waals surface area contributed by atoms with E-state index in [2.05, 4.69) is 129 Å². The highest BCUT2D eigenvalue weighted by Gasteiger charge is 2.34. The average molecular weight is 545 g/mol. The largest absolute Gasteiger partial charge is 0.455 e. The van der Waals surface area contributed by atoms with Crippen LogP contribution in [0.1, 0.15) is 77.6 Å². The van der Waals surface area contributed by atoms with Crippen LogP contribution < -0.4 is 9.30 Å². The van der Waals surface area contributed by atoms with Crippen LogP contribution >= 0.6 is 0 Å². The zero-order valence-electron chi connectivity index (χ0n) is 26.8. The summed E-state index contributed by atoms with van der Waals surface area (Å²) in [5.74, 6) is 2.65. The van der Waals surface area contributed by atoms with Crippen molar-refractivity contribution < 1.29 is 9.30 Å². The molecule has 0 saturated heterocycles. The Hall–Kier alpha value is -3.39. The Kier molecular flexibility index (Phi) is 6.49. The molecule has 1 aliphatic rings. The number of nitrogens with zero attached hydrogens (tertiary/aromatic N) is 1. The molecule has 0 amide bonds. The van der Waals surface area contributed by atoms with Crippen molar-refractivity contribution in [1.82, 2.24) is 0 Å². The van der Waals surface area contributed by atoms with Crippen LogP contribution in [0.15, 0.2) is 54.7 Å². The molecule has 0 radical (unpaired) electrons. The van der Waals surface area contributed by atoms with Crippen LogP contribution in [0, 0.1) is 23.7 Å². The van der Waals surface area contributed by atoms with Crippen molar-refractivity contribution >= 4 is 32.3 Å². The predicted octanol–water partition coefficient (Wildman–Crippen LogP) is 10.4. The van der Waals surface area contributed by atoms with Gasteiger partial charge in [0.1, 0.15) is 18.5 Å². The maximum absolute atomic E-state index is 7.15. The lowest BCUT2D eigenvalue weighted by Gasteiger charge is -2.29. The summed E-state index contributed by atoms with van der Waals surface area (Å²) >= 11 is 0. The molecule has 6 rings (SSSR count). The molecular weight excluding hydrogens is 498 g/mol. The van der Waals surface area contributed by atoms with Gasteiger partial charge in [-0.25, -0.2) is 4.57 Å². The van der Waals surface area contributed by atoms with Gasteiger partial charge >= 0.3 is 0 Å². The Bertz CT molecular complexity index is 1840. The molecule has 2 heteroatoms. The molecule has 0 atom stereocenters. The number of aryl methyl sites for hydroxylation is 2. The monoisotopic (exact) mass is 544 g/mol. The van der Waals surface area contributed by atoms with Crippen molar-refractivity contribution in [3.8, 4) is 22.8 Å². The van der Waals surface area contributed by atoms with Gasteiger partial charge in [0, 0.05) is 17.0 Å². The Morgan fingerprint density at radius 3 is 2.20 bits per heavy atom. The number of ether oxygens (including phenoxy) is 1. The van der Waals surface area contributed by atoms with E-state index < -0.39 is 0 Å². The standard InChI is InChI=1S/C39H46NO/c1-23(2)18-25-14-15-28-30(19-25)24(3)34-36-35-29(16-17-40(36)10)27-13-11-12-26(21-38(4,5)6)31(27)20-33(35)41-37(34)32(28)22-39(7,8)9/h11-17,19-20,23H,18,21-22H2,1-10H3/q+1. The number of hydrogen-bond donors (Lipinski definition) is 0. The number of pyridine rings is 1. The smallest absolute Gasteiger partial charge is 0.228 e. The van der Waals surface area contributed by atoms with E-state index in [4.69, 9.17) is 4.74 Å². The molecule has 2 heterocycles. The van der Waals surface area contributed by atoms with E-state index in [-0.39, 0.29) is 10.8 Å². The lowest BCUT2D eigenvalue weighted by atomic mass is 9.80. The first-order valence-electron chi connectivity index (χ1n) is 15.3. The average Bonchev–Trinajstić information content (AvgIpc) is 2.86. The van der Waals surface area contributed by atoms with Gasteiger partial charge in [0.2, 0.25) is 5.69 Å². The van der Waals surface area contributed by atoms with E-state index in [1.807, 2.05) is 0 Å². The second-order valence-corrected chi connectivity index (χ2v) is 15.3. The molecule has 0 spiro atoms. The van der Waals surface area contributed by atoms with Crippen molar-refractivity contribution in [1.29, 1.82) is 0 Å². The number of benzene rings is 4. The van der Waals surface area contributed by atoms with Crippen molar-refractivity contribution in [2.75, 3.05) is 0 Å². The zero-order valence-corrected chi connectivity index (χ0v) is 26.8. The molecule has 0 saturated carbocycles. The maximum atomic E-state index is 7.15. The lowest BCUT2D eigenvalue weighted by molar-refractivity contribution is -0.659. The summed E-state index contributed by atoms with van der Waals surface area (Å²) in [6.45, 7) is 20.9. The summed E-state index contributed by atoms with van der Waals surface area (Å²) in [6, 6.07) is 18.6. The van der Waals surface area contributed by atoms with Gasteiger partial charge in [-0.15, -0.1) is 0 Å². The van der Waals surface area contributed by atoms with Gasteiger partial charge in [0.15, 0.2) is 6.20 Å². The van der Waals surface area contributed by atoms with Crippen LogP contribution in [0.4, 0.5) is 0 Å². The van der Waals surface area contributed by atoms with Crippen molar-refractivity contribution in [3.05, 3.63) is 77.0 Å². The fourth-order valence-corrected chi connectivity index (χ4v) is 7.01. The minimum atomic E-state index is 0.119. The third kappa shape index (κ3) is 4.90. The molecule has 0 bridgehead atoms. The minimum Gasteiger partial charge on any atom is -0.455 e. The molecule has 5 aromatic rings. The van der Waals surface area contributed by atoms with Gasteiger partial charge in [-0.1, -0.05) is 91.8 Å². The van der Waals surface area contributed by atoms with Crippen molar-refractivity contribution in [3.63, 3.8) is 0 Å². The van der Waals surface area contributed by atoms with Crippen molar-refractivity contribution in [2.45, 2.75) is 81.6 Å². The van der Waals surface area contributed by atoms with Crippen LogP contribution in [0.2, 0.25) is 0 Å². The molecule has 2 nitrogen and oxygen atoms in total. The normalized spacial score (nSPS) is 13.3. The molecule has 1 aliphatic heterocycles. The van der Waals surface area contributed by atoms with E-state index in [9.17, 15) is 0 Å². The summed E-state index contributed by atoms with van der Waals surface area (Å²) in [5.41, 5.74) is 8.28. The molecule has 0 aliphatic carbocycles. The number of fused-ring (bicyclic) bond motifs is 5. The van der Waals surface area contributed by atoms with Gasteiger partial charge in [-0.05, 0) is 87.2 Å². The number of hydrogen-bond acceptors (Lipinski definition) is 1. The van der Waals surface area contributed by atoms with Crippen LogP contribution in [-0.2, 0) is 26.3 Å². The van der Waals surface area contributed by atoms with E-state index in [1.54, 1.807) is 0 Å². The first kappa shape index (κ1) is 27.8. The highest BCUT2D eigenvalue weighted by Crippen LogP contribution is 2.53. The zero-order chi connectivity index (χ0) is 29.4. The minimum absolute atomic E-state index is 0.119. The van der Waals surface area contributed by atoms with Crippen molar-refractivity contribution in [2.24, 2.45) is 23.8 Å². The second-order valence-electron chi connectivity index (χ2n) is 15.3. The number of aromatic nitrogens is 1. The second kappa shape index (κ2) is 9.58. The first-order valence-corrected chi connectivity index (χ1v) is 15.3. The summed E-state index contributed by atoms with van der Waals surface area (Å²) in [4.78, 5) is 0. The lowest BCUT2D eigenvalue weighted by Crippen LogP contribution is -2.32. The Balaban J connectivity index is 1.73. The molecular formula is C39H46NO+. The van der Waals surface area contributed by atoms with Crippen LogP contribution in [0.3, 0.4) is 0 Å². The molecule has 41 heavy (non-hydrogen) atoms. The SMILES string of the molecule is Cc1c2c(c(CC(C)(C)C)c3ccc(CC(C)C)cc13)Oc1cc3c(CC(C)(C)C)cccc3c3cc[n+](C)c-2c13. The third-order valence-electron chi connectivity index (χ3n) is 8.54. The Labute approximate surface area is 246 Å². The summed E-state index contributed by atoms with van der Waals surface area (Å²) < 4.78 is 9.46. The van der Waals surface area contributed by atoms with E-state index in [0.717, 1.165) is 30.8 Å². The Morgan fingerprint density at radius 2 is 1.51 bits per heavy atom. The highest BCUT2D eigenvalue weighted by atomic mass is 16.5. The number of rotatable bonds is 4. The topological polar surface area (TPSA) is 13.1 Å². The molecule has 212 valence electrons. The van der Waals surface area contributed by atoms with Crippen LogP contribution in [0.25, 0.3) is 43.6 Å². The van der Waals surface area contributed by atoms with Crippen LogP contribution in [0.5, 0.6) is 11.5 Å². The third-order valence-corrected chi connectivity index (χ3v) is 8.54. The van der Waals surface area contributed by atoms with Gasteiger partial charge in [0.25, 0.3) is 0 Å². The molecule has 0 unspecified atom stereocenters. The summed E-state index contributed by atoms with van der Waals surface area (Å²) in [5, 5.41) is 7.81.